The van der Waals surface area contributed by atoms with Gasteiger partial charge < -0.3 is 4.74 Å². The highest BCUT2D eigenvalue weighted by Gasteiger charge is 2.65. The topological polar surface area (TPSA) is 70.4 Å². The third-order valence-corrected chi connectivity index (χ3v) is 4.58. The molecule has 5 nitrogen and oxygen atoms in total. The first kappa shape index (κ1) is 12.3. The predicted octanol–water partition coefficient (Wildman–Crippen LogP) is 1.39. The molecule has 2 fully saturated rings. The molecule has 3 aliphatic rings. The molecule has 0 aliphatic carbocycles. The van der Waals surface area contributed by atoms with E-state index in [0.29, 0.717) is 11.3 Å². The smallest absolute Gasteiger partial charge is 0.241 e. The Labute approximate surface area is 121 Å². The summed E-state index contributed by atoms with van der Waals surface area (Å²) < 4.78 is 5.77. The van der Waals surface area contributed by atoms with Gasteiger partial charge in [-0.15, -0.1) is 0 Å². The Kier molecular flexibility index (Phi) is 2.23. The summed E-state index contributed by atoms with van der Waals surface area (Å²) in [7, 11) is 0. The average Bonchev–Trinajstić information content (AvgIpc) is 3.09. The van der Waals surface area contributed by atoms with Crippen LogP contribution in [0.25, 0.3) is 0 Å². The van der Waals surface area contributed by atoms with E-state index in [2.05, 4.69) is 0 Å². The molecular formula is C16H12N2O3. The zero-order valence-electron chi connectivity index (χ0n) is 11.3. The monoisotopic (exact) mass is 280 g/mol. The van der Waals surface area contributed by atoms with Crippen molar-refractivity contribution in [2.75, 3.05) is 4.90 Å². The summed E-state index contributed by atoms with van der Waals surface area (Å²) in [5.74, 6) is -1.31. The maximum absolute atomic E-state index is 12.7. The van der Waals surface area contributed by atoms with Gasteiger partial charge in [0.2, 0.25) is 11.8 Å². The van der Waals surface area contributed by atoms with Gasteiger partial charge in [-0.05, 0) is 31.2 Å². The van der Waals surface area contributed by atoms with Crippen molar-refractivity contribution in [1.82, 2.24) is 0 Å². The first-order valence-corrected chi connectivity index (χ1v) is 6.80. The molecule has 1 aromatic rings. The van der Waals surface area contributed by atoms with Crippen LogP contribution in [0.15, 0.2) is 36.4 Å². The van der Waals surface area contributed by atoms with Gasteiger partial charge in [0, 0.05) is 0 Å². The maximum Gasteiger partial charge on any atom is 0.241 e. The van der Waals surface area contributed by atoms with Crippen LogP contribution in [0.1, 0.15) is 12.5 Å². The molecule has 2 amide bonds. The molecular weight excluding hydrogens is 268 g/mol. The molecule has 2 bridgehead atoms. The van der Waals surface area contributed by atoms with Crippen LogP contribution in [0, 0.1) is 23.2 Å². The van der Waals surface area contributed by atoms with Crippen molar-refractivity contribution in [3.05, 3.63) is 42.0 Å². The molecule has 104 valence electrons. The average molecular weight is 280 g/mol. The number of ether oxygens (including phenoxy) is 1. The van der Waals surface area contributed by atoms with Gasteiger partial charge in [-0.2, -0.15) is 5.26 Å². The van der Waals surface area contributed by atoms with Crippen LogP contribution in [-0.4, -0.2) is 23.5 Å². The summed E-state index contributed by atoms with van der Waals surface area (Å²) in [6.07, 6.45) is 3.45. The van der Waals surface area contributed by atoms with E-state index < -0.39 is 17.4 Å². The van der Waals surface area contributed by atoms with Crippen molar-refractivity contribution < 1.29 is 14.3 Å². The highest BCUT2D eigenvalue weighted by Crippen LogP contribution is 2.52. The van der Waals surface area contributed by atoms with Crippen LogP contribution in [0.4, 0.5) is 5.69 Å². The lowest BCUT2D eigenvalue weighted by atomic mass is 9.78. The molecule has 1 aromatic carbocycles. The molecule has 3 heterocycles. The third-order valence-electron chi connectivity index (χ3n) is 4.58. The first-order chi connectivity index (χ1) is 10.0. The number of nitriles is 1. The molecule has 0 N–H and O–H groups in total. The number of hydrogen-bond donors (Lipinski definition) is 0. The number of imide groups is 1. The van der Waals surface area contributed by atoms with E-state index in [4.69, 9.17) is 10.00 Å². The Morgan fingerprint density at radius 2 is 1.95 bits per heavy atom. The van der Waals surface area contributed by atoms with Gasteiger partial charge in [-0.1, -0.05) is 12.2 Å². The lowest BCUT2D eigenvalue weighted by Gasteiger charge is -2.24. The summed E-state index contributed by atoms with van der Waals surface area (Å²) in [6.45, 7) is 1.85. The summed E-state index contributed by atoms with van der Waals surface area (Å²) in [6, 6.07) is 8.50. The molecule has 2 saturated heterocycles. The molecule has 21 heavy (non-hydrogen) atoms. The predicted molar refractivity (Wildman–Crippen MR) is 73.0 cm³/mol. The van der Waals surface area contributed by atoms with Gasteiger partial charge in [0.25, 0.3) is 0 Å². The minimum Gasteiger partial charge on any atom is -0.362 e. The van der Waals surface area contributed by atoms with Gasteiger partial charge in [0.05, 0.1) is 40.9 Å². The lowest BCUT2D eigenvalue weighted by molar-refractivity contribution is -0.126. The summed E-state index contributed by atoms with van der Waals surface area (Å²) in [5, 5.41) is 8.82. The number of carbonyl (C=O) groups is 2. The van der Waals surface area contributed by atoms with Crippen molar-refractivity contribution in [2.45, 2.75) is 18.6 Å². The van der Waals surface area contributed by atoms with Crippen LogP contribution >= 0.6 is 0 Å². The molecule has 4 rings (SSSR count). The number of benzene rings is 1. The molecule has 0 unspecified atom stereocenters. The van der Waals surface area contributed by atoms with Crippen molar-refractivity contribution >= 4 is 17.5 Å². The second-order valence-electron chi connectivity index (χ2n) is 5.80. The van der Waals surface area contributed by atoms with Gasteiger partial charge in [0.15, 0.2) is 0 Å². The largest absolute Gasteiger partial charge is 0.362 e. The maximum atomic E-state index is 12.7. The van der Waals surface area contributed by atoms with E-state index in [9.17, 15) is 9.59 Å². The number of rotatable bonds is 1. The standard InChI is InChI=1S/C16H12N2O3/c1-16-7-6-11(21-16)12-13(16)15(20)18(14(12)19)10-4-2-9(8-17)3-5-10/h2-7,11-13H,1H3/t11-,12+,13-,16-/m0/s1. The number of hydrogen-bond acceptors (Lipinski definition) is 4. The first-order valence-electron chi connectivity index (χ1n) is 6.80. The summed E-state index contributed by atoms with van der Waals surface area (Å²) >= 11 is 0. The van der Waals surface area contributed by atoms with Crippen molar-refractivity contribution in [3.63, 3.8) is 0 Å². The minimum absolute atomic E-state index is 0.215. The fourth-order valence-corrected chi connectivity index (χ4v) is 3.59. The number of nitrogens with zero attached hydrogens (tertiary/aromatic N) is 2. The van der Waals surface area contributed by atoms with Crippen molar-refractivity contribution in [1.29, 1.82) is 5.26 Å². The molecule has 3 aliphatic heterocycles. The zero-order valence-corrected chi connectivity index (χ0v) is 11.3. The molecule has 5 heteroatoms. The number of fused-ring (bicyclic) bond motifs is 5. The van der Waals surface area contributed by atoms with Gasteiger partial charge >= 0.3 is 0 Å². The van der Waals surface area contributed by atoms with Crippen molar-refractivity contribution in [2.24, 2.45) is 11.8 Å². The summed E-state index contributed by atoms with van der Waals surface area (Å²) in [4.78, 5) is 26.5. The van der Waals surface area contributed by atoms with Crippen LogP contribution in [-0.2, 0) is 14.3 Å². The Hall–Kier alpha value is -2.45. The molecule has 0 radical (unpaired) electrons. The van der Waals surface area contributed by atoms with E-state index in [1.165, 1.54) is 4.90 Å². The SMILES string of the molecule is C[C@@]12C=C[C@H](O1)[C@H]1C(=O)N(c3ccc(C#N)cc3)C(=O)[C@H]12. The van der Waals surface area contributed by atoms with Crippen molar-refractivity contribution in [3.8, 4) is 6.07 Å². The van der Waals surface area contributed by atoms with Gasteiger partial charge in [-0.3, -0.25) is 9.59 Å². The Morgan fingerprint density at radius 1 is 1.24 bits per heavy atom. The number of amides is 2. The summed E-state index contributed by atoms with van der Waals surface area (Å²) in [5.41, 5.74) is 0.333. The Balaban J connectivity index is 1.75. The van der Waals surface area contributed by atoms with Crippen LogP contribution in [0.2, 0.25) is 0 Å². The lowest BCUT2D eigenvalue weighted by Crippen LogP contribution is -2.38. The van der Waals surface area contributed by atoms with Crippen LogP contribution in [0.3, 0.4) is 0 Å². The second-order valence-corrected chi connectivity index (χ2v) is 5.80. The normalized spacial score (nSPS) is 36.2. The van der Waals surface area contributed by atoms with E-state index in [1.807, 2.05) is 25.1 Å². The Morgan fingerprint density at radius 3 is 2.57 bits per heavy atom. The minimum atomic E-state index is -0.677. The number of anilines is 1. The van der Waals surface area contributed by atoms with Gasteiger partial charge in [0.1, 0.15) is 0 Å². The molecule has 0 saturated carbocycles. The van der Waals surface area contributed by atoms with E-state index in [-0.39, 0.29) is 17.9 Å². The fraction of sp³-hybridized carbons (Fsp3) is 0.312. The zero-order chi connectivity index (χ0) is 14.8. The van der Waals surface area contributed by atoms with Crippen LogP contribution in [0.5, 0.6) is 0 Å². The van der Waals surface area contributed by atoms with Gasteiger partial charge in [-0.25, -0.2) is 4.90 Å². The van der Waals surface area contributed by atoms with E-state index in [1.54, 1.807) is 24.3 Å². The molecule has 0 spiro atoms. The molecule has 0 aromatic heterocycles. The quantitative estimate of drug-likeness (QED) is 0.576. The highest BCUT2D eigenvalue weighted by molar-refractivity contribution is 6.23. The van der Waals surface area contributed by atoms with E-state index in [0.717, 1.165) is 0 Å². The molecule has 4 atom stereocenters. The highest BCUT2D eigenvalue weighted by atomic mass is 16.5. The third kappa shape index (κ3) is 1.43. The number of carbonyl (C=O) groups excluding carboxylic acids is 2. The fourth-order valence-electron chi connectivity index (χ4n) is 3.59. The van der Waals surface area contributed by atoms with Crippen LogP contribution < -0.4 is 4.90 Å². The Bertz CT molecular complexity index is 731. The second kappa shape index (κ2) is 3.80. The van der Waals surface area contributed by atoms with E-state index >= 15 is 0 Å².